The van der Waals surface area contributed by atoms with E-state index in [1.807, 2.05) is 5.70 Å². The molecule has 0 aromatic heterocycles. The Morgan fingerprint density at radius 3 is 1.57 bits per heavy atom. The molecule has 0 heterocycles. The fourth-order valence-corrected chi connectivity index (χ4v) is 4.99. The zero-order valence-corrected chi connectivity index (χ0v) is 12.8. The fourth-order valence-electron chi connectivity index (χ4n) is 0.643. The summed E-state index contributed by atoms with van der Waals surface area (Å²) in [7, 11) is -2.65. The smallest absolute Gasteiger partial charge is 0.139 e. The number of hydrogen-bond acceptors (Lipinski definition) is 0. The molecule has 74 valence electrons. The van der Waals surface area contributed by atoms with Gasteiger partial charge in [0.05, 0.1) is 0 Å². The van der Waals surface area contributed by atoms with Gasteiger partial charge in [-0.05, 0) is 6.55 Å². The predicted molar refractivity (Wildman–Crippen MR) is 72.3 cm³/mol. The second-order valence-electron chi connectivity index (χ2n) is 3.91. The van der Waals surface area contributed by atoms with E-state index < -0.39 is 25.7 Å². The molecule has 0 aromatic rings. The van der Waals surface area contributed by atoms with Gasteiger partial charge < -0.3 is 0 Å². The van der Waals surface area contributed by atoms with Gasteiger partial charge in [0.15, 0.2) is 0 Å². The van der Waals surface area contributed by atoms with Crippen LogP contribution in [0.15, 0.2) is 12.3 Å². The third-order valence-corrected chi connectivity index (χ3v) is 5.41. The van der Waals surface area contributed by atoms with Gasteiger partial charge in [-0.3, -0.25) is 0 Å². The van der Waals surface area contributed by atoms with Crippen LogP contribution < -0.4 is 0 Å². The molecule has 0 saturated carbocycles. The van der Waals surface area contributed by atoms with Crippen molar-refractivity contribution in [3.63, 3.8) is 0 Å². The first-order chi connectivity index (χ1) is 6.39. The number of hydrogen-bond donors (Lipinski definition) is 0. The van der Waals surface area contributed by atoms with Crippen molar-refractivity contribution in [3.8, 4) is 22.2 Å². The Morgan fingerprint density at radius 1 is 1.00 bits per heavy atom. The maximum Gasteiger partial charge on any atom is 0.234 e. The van der Waals surface area contributed by atoms with Gasteiger partial charge >= 0.3 is 0 Å². The third-order valence-electron chi connectivity index (χ3n) is 1.55. The minimum absolute atomic E-state index is 0.449. The van der Waals surface area contributed by atoms with E-state index in [-0.39, 0.29) is 0 Å². The van der Waals surface area contributed by atoms with Crippen molar-refractivity contribution in [1.29, 1.82) is 0 Å². The quantitative estimate of drug-likeness (QED) is 0.483. The molecule has 0 saturated heterocycles. The lowest BCUT2D eigenvalue weighted by Gasteiger charge is -2.06. The summed E-state index contributed by atoms with van der Waals surface area (Å²) in [6, 6.07) is 0. The van der Waals surface area contributed by atoms with Gasteiger partial charge in [-0.25, -0.2) is 0 Å². The van der Waals surface area contributed by atoms with Crippen LogP contribution in [-0.2, 0) is 0 Å². The Bertz CT molecular complexity index is 281. The molecule has 0 atom stereocenters. The second-order valence-corrected chi connectivity index (χ2v) is 11.7. The average molecular weight is 235 g/mol. The first-order valence-electron chi connectivity index (χ1n) is 4.70. The van der Waals surface area contributed by atoms with Gasteiger partial charge in [-0.1, -0.05) is 31.9 Å². The minimum atomic E-state index is -1.76. The summed E-state index contributed by atoms with van der Waals surface area (Å²) in [6.07, 6.45) is 0. The Labute approximate surface area is 93.0 Å². The molecule has 0 rings (SSSR count). The number of rotatable bonds is 1. The van der Waals surface area contributed by atoms with E-state index in [1.54, 1.807) is 0 Å². The van der Waals surface area contributed by atoms with Crippen LogP contribution in [0.25, 0.3) is 0 Å². The van der Waals surface area contributed by atoms with Gasteiger partial charge in [-0.15, -0.1) is 28.8 Å². The van der Waals surface area contributed by atoms with Crippen LogP contribution in [0.3, 0.4) is 0 Å². The summed E-state index contributed by atoms with van der Waals surface area (Å²) in [5.74, 6) is 0. The molecule has 0 nitrogen and oxygen atoms in total. The molecule has 0 bridgehead atoms. The van der Waals surface area contributed by atoms with Gasteiger partial charge in [0.1, 0.15) is 17.6 Å². The molecule has 14 heavy (non-hydrogen) atoms. The Morgan fingerprint density at radius 2 is 1.36 bits per heavy atom. The molecular formula is C11H18Si3. The Kier molecular flexibility index (Phi) is 5.87. The third kappa shape index (κ3) is 6.04. The van der Waals surface area contributed by atoms with Crippen molar-refractivity contribution in [2.45, 2.75) is 32.7 Å². The lowest BCUT2D eigenvalue weighted by molar-refractivity contribution is 2.01. The highest BCUT2D eigenvalue weighted by Crippen LogP contribution is 2.00. The molecule has 0 fully saturated rings. The molecule has 0 N–H and O–H groups in total. The van der Waals surface area contributed by atoms with Gasteiger partial charge in [0.2, 0.25) is 8.07 Å². The zero-order chi connectivity index (χ0) is 11.2. The van der Waals surface area contributed by atoms with Crippen LogP contribution in [-0.4, -0.2) is 25.7 Å². The summed E-state index contributed by atoms with van der Waals surface area (Å²) >= 11 is 0. The minimum Gasteiger partial charge on any atom is -0.139 e. The molecule has 0 aliphatic carbocycles. The highest BCUT2D eigenvalue weighted by molar-refractivity contribution is 6.98. The SMILES string of the molecule is C=C[Si](C)(C#C[Si](C)C)C#C[Si](C)C. The zero-order valence-electron chi connectivity index (χ0n) is 9.78. The molecule has 0 aromatic carbocycles. The Balaban J connectivity index is 4.79. The maximum atomic E-state index is 3.87. The molecule has 0 spiro atoms. The largest absolute Gasteiger partial charge is 0.234 e. The van der Waals surface area contributed by atoms with Crippen molar-refractivity contribution in [3.05, 3.63) is 12.3 Å². The highest BCUT2D eigenvalue weighted by atomic mass is 28.3. The van der Waals surface area contributed by atoms with Crippen LogP contribution >= 0.6 is 0 Å². The van der Waals surface area contributed by atoms with Crippen molar-refractivity contribution < 1.29 is 0 Å². The van der Waals surface area contributed by atoms with E-state index >= 15 is 0 Å². The van der Waals surface area contributed by atoms with E-state index in [0.29, 0.717) is 0 Å². The topological polar surface area (TPSA) is 0 Å². The molecule has 3 heteroatoms. The molecule has 0 aliphatic heterocycles. The van der Waals surface area contributed by atoms with E-state index in [9.17, 15) is 0 Å². The average Bonchev–Trinajstić information content (AvgIpc) is 2.11. The summed E-state index contributed by atoms with van der Waals surface area (Å²) in [5.41, 5.74) is 15.3. The van der Waals surface area contributed by atoms with Gasteiger partial charge in [-0.2, -0.15) is 0 Å². The molecule has 0 unspecified atom stereocenters. The van der Waals surface area contributed by atoms with E-state index in [4.69, 9.17) is 0 Å². The van der Waals surface area contributed by atoms with Crippen LogP contribution in [0.2, 0.25) is 32.7 Å². The van der Waals surface area contributed by atoms with Gasteiger partial charge in [0.25, 0.3) is 0 Å². The van der Waals surface area contributed by atoms with Crippen LogP contribution in [0.5, 0.6) is 0 Å². The summed E-state index contributed by atoms with van der Waals surface area (Å²) < 4.78 is 0. The van der Waals surface area contributed by atoms with Crippen molar-refractivity contribution in [2.75, 3.05) is 0 Å². The Hall–Kier alpha value is -0.489. The maximum absolute atomic E-state index is 3.87. The summed E-state index contributed by atoms with van der Waals surface area (Å²) in [4.78, 5) is 0. The van der Waals surface area contributed by atoms with Crippen molar-refractivity contribution in [2.24, 2.45) is 0 Å². The van der Waals surface area contributed by atoms with Crippen LogP contribution in [0.4, 0.5) is 0 Å². The monoisotopic (exact) mass is 234 g/mol. The molecule has 0 aliphatic rings. The van der Waals surface area contributed by atoms with Crippen LogP contribution in [0.1, 0.15) is 0 Å². The van der Waals surface area contributed by atoms with Crippen molar-refractivity contribution >= 4 is 25.7 Å². The molecular weight excluding hydrogens is 216 g/mol. The fraction of sp³-hybridized carbons (Fsp3) is 0.455. The lowest BCUT2D eigenvalue weighted by Crippen LogP contribution is -2.25. The summed E-state index contributed by atoms with van der Waals surface area (Å²) in [5, 5.41) is 0. The van der Waals surface area contributed by atoms with Gasteiger partial charge in [0, 0.05) is 0 Å². The molecule has 2 radical (unpaired) electrons. The van der Waals surface area contributed by atoms with Crippen molar-refractivity contribution in [1.82, 2.24) is 0 Å². The van der Waals surface area contributed by atoms with Crippen LogP contribution in [0, 0.1) is 22.2 Å². The first-order valence-corrected chi connectivity index (χ1v) is 12.3. The standard InChI is InChI=1S/C11H18Si3/c1-7-14(6,10-8-12(2)3)11-9-13(4)5/h7H,1H2,2-6H3. The molecule has 0 amide bonds. The lowest BCUT2D eigenvalue weighted by atomic mass is 11.2. The van der Waals surface area contributed by atoms with E-state index in [0.717, 1.165) is 0 Å². The normalized spacial score (nSPS) is 10.2. The van der Waals surface area contributed by atoms with E-state index in [2.05, 4.69) is 61.5 Å². The van der Waals surface area contributed by atoms with E-state index in [1.165, 1.54) is 0 Å². The highest BCUT2D eigenvalue weighted by Gasteiger charge is 2.17. The second kappa shape index (κ2) is 6.08. The first kappa shape index (κ1) is 13.5. The predicted octanol–water partition coefficient (Wildman–Crippen LogP) is 2.46. The summed E-state index contributed by atoms with van der Waals surface area (Å²) in [6.45, 7) is 14.9.